The van der Waals surface area contributed by atoms with Gasteiger partial charge in [-0.05, 0) is 50.4 Å². The number of carbonyl (C=O) groups is 3. The zero-order valence-electron chi connectivity index (χ0n) is 16.4. The van der Waals surface area contributed by atoms with Gasteiger partial charge in [0, 0.05) is 21.8 Å². The van der Waals surface area contributed by atoms with Crippen molar-refractivity contribution in [1.29, 1.82) is 0 Å². The summed E-state index contributed by atoms with van der Waals surface area (Å²) < 4.78 is 7.38. The van der Waals surface area contributed by atoms with Crippen molar-refractivity contribution >= 4 is 29.1 Å². The fraction of sp³-hybridized carbons (Fsp3) is 0.286. The average molecular weight is 411 g/mol. The van der Waals surface area contributed by atoms with E-state index in [1.165, 1.54) is 11.3 Å². The van der Waals surface area contributed by atoms with Crippen molar-refractivity contribution in [2.24, 2.45) is 0 Å². The third-order valence-corrected chi connectivity index (χ3v) is 6.45. The van der Waals surface area contributed by atoms with Crippen LogP contribution in [0.4, 0.5) is 4.79 Å². The first-order chi connectivity index (χ1) is 13.8. The maximum Gasteiger partial charge on any atom is 0.325 e. The van der Waals surface area contributed by atoms with E-state index in [2.05, 4.69) is 5.32 Å². The van der Waals surface area contributed by atoms with Crippen LogP contribution in [-0.4, -0.2) is 33.7 Å². The molecule has 29 heavy (non-hydrogen) atoms. The summed E-state index contributed by atoms with van der Waals surface area (Å²) in [4.78, 5) is 40.1. The largest absolute Gasteiger partial charge is 0.467 e. The number of nitrogens with one attached hydrogen (secondary N) is 1. The summed E-state index contributed by atoms with van der Waals surface area (Å²) in [5.41, 5.74) is 1.04. The van der Waals surface area contributed by atoms with E-state index in [4.69, 9.17) is 4.42 Å². The molecule has 3 aromatic heterocycles. The van der Waals surface area contributed by atoms with Gasteiger partial charge in [-0.1, -0.05) is 6.07 Å². The fourth-order valence-electron chi connectivity index (χ4n) is 3.68. The Bertz CT molecular complexity index is 1080. The highest BCUT2D eigenvalue weighted by atomic mass is 32.1. The van der Waals surface area contributed by atoms with Crippen LogP contribution in [0.2, 0.25) is 0 Å². The summed E-state index contributed by atoms with van der Waals surface area (Å²) in [6.45, 7) is 5.64. The monoisotopic (exact) mass is 411 g/mol. The van der Waals surface area contributed by atoms with Crippen molar-refractivity contribution in [3.05, 3.63) is 69.6 Å². The van der Waals surface area contributed by atoms with Gasteiger partial charge in [0.05, 0.1) is 19.4 Å². The van der Waals surface area contributed by atoms with E-state index < -0.39 is 17.5 Å². The number of aryl methyl sites for hydroxylation is 1. The third-order valence-electron chi connectivity index (χ3n) is 5.36. The molecule has 3 amide bonds. The van der Waals surface area contributed by atoms with Crippen LogP contribution in [0, 0.1) is 13.8 Å². The van der Waals surface area contributed by atoms with Crippen LogP contribution >= 0.6 is 11.3 Å². The minimum absolute atomic E-state index is 0.275. The van der Waals surface area contributed by atoms with Gasteiger partial charge < -0.3 is 14.3 Å². The number of aromatic nitrogens is 1. The van der Waals surface area contributed by atoms with Gasteiger partial charge in [-0.3, -0.25) is 14.5 Å². The van der Waals surface area contributed by atoms with Gasteiger partial charge in [0.1, 0.15) is 5.76 Å². The number of nitrogens with zero attached hydrogens (tertiary/aromatic N) is 2. The highest BCUT2D eigenvalue weighted by Gasteiger charge is 2.50. The van der Waals surface area contributed by atoms with Crippen LogP contribution in [0.25, 0.3) is 0 Å². The predicted molar refractivity (Wildman–Crippen MR) is 108 cm³/mol. The number of thiophene rings is 1. The molecule has 0 saturated carbocycles. The molecule has 1 aliphatic rings. The number of carbonyl (C=O) groups excluding carboxylic acids is 3. The summed E-state index contributed by atoms with van der Waals surface area (Å²) in [6.07, 6.45) is 1.61. The molecule has 1 unspecified atom stereocenters. The predicted octanol–water partition coefficient (Wildman–Crippen LogP) is 3.46. The molecule has 0 radical (unpaired) electrons. The SMILES string of the molecule is Cc1cc(C(=O)CN2C(=O)NC(C)(c3cccs3)C2=O)c(C)n1Cc1ccco1. The van der Waals surface area contributed by atoms with E-state index in [0.29, 0.717) is 12.1 Å². The Hall–Kier alpha value is -3.13. The van der Waals surface area contributed by atoms with Crippen LogP contribution in [-0.2, 0) is 16.9 Å². The molecule has 1 N–H and O–H groups in total. The topological polar surface area (TPSA) is 84.5 Å². The van der Waals surface area contributed by atoms with Gasteiger partial charge in [0.2, 0.25) is 0 Å². The number of imide groups is 1. The second kappa shape index (κ2) is 7.04. The van der Waals surface area contributed by atoms with Crippen molar-refractivity contribution in [2.45, 2.75) is 32.9 Å². The zero-order valence-corrected chi connectivity index (χ0v) is 17.2. The molecule has 4 rings (SSSR count). The van der Waals surface area contributed by atoms with Crippen LogP contribution in [0.5, 0.6) is 0 Å². The second-order valence-corrected chi connectivity index (χ2v) is 8.24. The number of ketones is 1. The fourth-order valence-corrected chi connectivity index (χ4v) is 4.52. The molecule has 7 nitrogen and oxygen atoms in total. The Morgan fingerprint density at radius 2 is 2.03 bits per heavy atom. The third kappa shape index (κ3) is 3.19. The molecule has 0 aliphatic carbocycles. The average Bonchev–Trinajstić information content (AvgIpc) is 3.46. The number of Topliss-reactive ketones (excluding diaryl/α,β-unsaturated/α-hetero) is 1. The van der Waals surface area contributed by atoms with E-state index in [-0.39, 0.29) is 12.3 Å². The zero-order chi connectivity index (χ0) is 20.8. The van der Waals surface area contributed by atoms with Gasteiger partial charge in [-0.15, -0.1) is 11.3 Å². The number of rotatable bonds is 6. The van der Waals surface area contributed by atoms with E-state index in [0.717, 1.165) is 26.9 Å². The van der Waals surface area contributed by atoms with E-state index in [1.54, 1.807) is 25.3 Å². The summed E-state index contributed by atoms with van der Waals surface area (Å²) in [5, 5.41) is 4.58. The van der Waals surface area contributed by atoms with Crippen LogP contribution in [0.1, 0.15) is 39.3 Å². The van der Waals surface area contributed by atoms with Crippen molar-refractivity contribution in [3.8, 4) is 0 Å². The molecule has 150 valence electrons. The maximum absolute atomic E-state index is 13.0. The van der Waals surface area contributed by atoms with Gasteiger partial charge in [0.25, 0.3) is 5.91 Å². The molecule has 4 heterocycles. The Labute approximate surface area is 171 Å². The molecular weight excluding hydrogens is 390 g/mol. The molecule has 1 saturated heterocycles. The number of furan rings is 1. The molecular formula is C21H21N3O4S. The molecule has 0 aromatic carbocycles. The highest BCUT2D eigenvalue weighted by molar-refractivity contribution is 7.10. The first-order valence-corrected chi connectivity index (χ1v) is 10.1. The van der Waals surface area contributed by atoms with E-state index in [1.807, 2.05) is 42.0 Å². The van der Waals surface area contributed by atoms with Crippen molar-refractivity contribution in [3.63, 3.8) is 0 Å². The lowest BCUT2D eigenvalue weighted by atomic mass is 10.0. The summed E-state index contributed by atoms with van der Waals surface area (Å²) in [7, 11) is 0. The number of amides is 3. The standard InChI is InChI=1S/C21H21N3O4S/c1-13-10-16(14(2)23(13)11-15-6-4-8-28-15)17(25)12-24-19(26)21(3,22-20(24)27)18-7-5-9-29-18/h4-10H,11-12H2,1-3H3,(H,22,27). The number of hydrogen-bond donors (Lipinski definition) is 1. The lowest BCUT2D eigenvalue weighted by molar-refractivity contribution is -0.130. The minimum atomic E-state index is -1.14. The Morgan fingerprint density at radius 3 is 2.69 bits per heavy atom. The number of hydrogen-bond acceptors (Lipinski definition) is 5. The van der Waals surface area contributed by atoms with Crippen molar-refractivity contribution in [1.82, 2.24) is 14.8 Å². The van der Waals surface area contributed by atoms with Crippen molar-refractivity contribution < 1.29 is 18.8 Å². The van der Waals surface area contributed by atoms with Crippen molar-refractivity contribution in [2.75, 3.05) is 6.54 Å². The van der Waals surface area contributed by atoms with Gasteiger partial charge in [-0.2, -0.15) is 0 Å². The van der Waals surface area contributed by atoms with E-state index >= 15 is 0 Å². The Morgan fingerprint density at radius 1 is 1.24 bits per heavy atom. The molecule has 0 bridgehead atoms. The van der Waals surface area contributed by atoms with Gasteiger partial charge >= 0.3 is 6.03 Å². The van der Waals surface area contributed by atoms with Crippen LogP contribution in [0.3, 0.4) is 0 Å². The van der Waals surface area contributed by atoms with Gasteiger partial charge in [0.15, 0.2) is 11.3 Å². The number of urea groups is 1. The maximum atomic E-state index is 13.0. The molecule has 1 fully saturated rings. The normalized spacial score (nSPS) is 19.1. The Balaban J connectivity index is 1.56. The second-order valence-electron chi connectivity index (χ2n) is 7.30. The first-order valence-electron chi connectivity index (χ1n) is 9.21. The minimum Gasteiger partial charge on any atom is -0.467 e. The quantitative estimate of drug-likeness (QED) is 0.497. The lowest BCUT2D eigenvalue weighted by Crippen LogP contribution is -2.40. The summed E-state index contributed by atoms with van der Waals surface area (Å²) >= 11 is 1.39. The molecule has 1 aliphatic heterocycles. The lowest BCUT2D eigenvalue weighted by Gasteiger charge is -2.19. The molecule has 8 heteroatoms. The molecule has 1 atom stereocenters. The molecule has 3 aromatic rings. The summed E-state index contributed by atoms with van der Waals surface area (Å²) in [5.74, 6) is 0.0945. The first kappa shape index (κ1) is 19.2. The highest BCUT2D eigenvalue weighted by Crippen LogP contribution is 2.32. The smallest absolute Gasteiger partial charge is 0.325 e. The van der Waals surface area contributed by atoms with Crippen LogP contribution in [0.15, 0.2) is 46.4 Å². The van der Waals surface area contributed by atoms with E-state index in [9.17, 15) is 14.4 Å². The molecule has 0 spiro atoms. The summed E-state index contributed by atoms with van der Waals surface area (Å²) in [6, 6.07) is 8.56. The van der Waals surface area contributed by atoms with Gasteiger partial charge in [-0.25, -0.2) is 4.79 Å². The van der Waals surface area contributed by atoms with Crippen LogP contribution < -0.4 is 5.32 Å². The Kier molecular flexibility index (Phi) is 4.66.